The summed E-state index contributed by atoms with van der Waals surface area (Å²) in [5.74, 6) is 0.603. The Hall–Kier alpha value is -1.11. The molecule has 1 rings (SSSR count). The Morgan fingerprint density at radius 2 is 2.22 bits per heavy atom. The van der Waals surface area contributed by atoms with E-state index in [1.165, 1.54) is 10.4 Å². The molecular formula is C12H20N2O3S. The Bertz CT molecular complexity index is 479. The van der Waals surface area contributed by atoms with E-state index >= 15 is 0 Å². The normalized spacial score (nSPS) is 11.9. The van der Waals surface area contributed by atoms with Gasteiger partial charge in [0.1, 0.15) is 5.76 Å². The van der Waals surface area contributed by atoms with Crippen molar-refractivity contribution in [2.24, 2.45) is 0 Å². The lowest BCUT2D eigenvalue weighted by atomic mass is 10.4. The van der Waals surface area contributed by atoms with Crippen molar-refractivity contribution in [3.8, 4) is 0 Å². The largest absolute Gasteiger partial charge is 0.447 e. The van der Waals surface area contributed by atoms with Gasteiger partial charge in [-0.2, -0.15) is 4.31 Å². The number of nitrogens with zero attached hydrogens (tertiary/aromatic N) is 1. The number of sulfonamides is 1. The Kier molecular flexibility index (Phi) is 5.58. The van der Waals surface area contributed by atoms with Crippen LogP contribution in [0.5, 0.6) is 0 Å². The van der Waals surface area contributed by atoms with Gasteiger partial charge in [0.2, 0.25) is 5.09 Å². The lowest BCUT2D eigenvalue weighted by Gasteiger charge is -2.18. The molecule has 0 aliphatic heterocycles. The molecule has 0 saturated heterocycles. The van der Waals surface area contributed by atoms with E-state index in [0.717, 1.165) is 6.42 Å². The molecule has 5 nitrogen and oxygen atoms in total. The van der Waals surface area contributed by atoms with Crippen molar-refractivity contribution in [1.82, 2.24) is 9.62 Å². The highest BCUT2D eigenvalue weighted by Crippen LogP contribution is 2.19. The molecule has 6 heteroatoms. The Morgan fingerprint density at radius 3 is 2.78 bits per heavy atom. The monoisotopic (exact) mass is 272 g/mol. The van der Waals surface area contributed by atoms with E-state index in [4.69, 9.17) is 4.42 Å². The van der Waals surface area contributed by atoms with Crippen molar-refractivity contribution in [2.45, 2.75) is 25.0 Å². The van der Waals surface area contributed by atoms with E-state index in [0.29, 0.717) is 18.8 Å². The lowest BCUT2D eigenvalue weighted by Crippen LogP contribution is -2.31. The van der Waals surface area contributed by atoms with Crippen LogP contribution in [0.4, 0.5) is 0 Å². The van der Waals surface area contributed by atoms with E-state index in [1.54, 1.807) is 19.2 Å². The molecule has 18 heavy (non-hydrogen) atoms. The zero-order valence-electron chi connectivity index (χ0n) is 10.8. The summed E-state index contributed by atoms with van der Waals surface area (Å²) in [7, 11) is -1.78. The molecule has 0 radical (unpaired) electrons. The molecule has 1 N–H and O–H groups in total. The van der Waals surface area contributed by atoms with Crippen molar-refractivity contribution < 1.29 is 12.8 Å². The summed E-state index contributed by atoms with van der Waals surface area (Å²) in [6.45, 7) is 6.76. The fourth-order valence-corrected chi connectivity index (χ4v) is 3.03. The number of hydrogen-bond acceptors (Lipinski definition) is 4. The molecule has 1 aromatic rings. The lowest BCUT2D eigenvalue weighted by molar-refractivity contribution is 0.375. The van der Waals surface area contributed by atoms with Crippen molar-refractivity contribution in [3.63, 3.8) is 0 Å². The molecule has 0 saturated carbocycles. The number of hydrogen-bond donors (Lipinski definition) is 1. The third-order valence-electron chi connectivity index (χ3n) is 2.39. The zero-order valence-corrected chi connectivity index (χ0v) is 11.7. The molecular weight excluding hydrogens is 252 g/mol. The topological polar surface area (TPSA) is 62.6 Å². The standard InChI is InChI=1S/C12H20N2O3S/c1-4-8-14(9-5-2)18(15,16)12-7-6-11(17-12)10-13-3/h4,6-7,13H,1,5,8-10H2,2-3H3. The van der Waals surface area contributed by atoms with Gasteiger partial charge in [-0.25, -0.2) is 8.42 Å². The molecule has 0 atom stereocenters. The molecule has 102 valence electrons. The predicted octanol–water partition coefficient (Wildman–Crippen LogP) is 1.59. The first-order valence-corrected chi connectivity index (χ1v) is 7.34. The maximum Gasteiger partial charge on any atom is 0.276 e. The van der Waals surface area contributed by atoms with Gasteiger partial charge in [-0.05, 0) is 25.6 Å². The first kappa shape index (κ1) is 14.9. The Balaban J connectivity index is 2.97. The highest BCUT2D eigenvalue weighted by atomic mass is 32.2. The van der Waals surface area contributed by atoms with E-state index < -0.39 is 10.0 Å². The fourth-order valence-electron chi connectivity index (χ4n) is 1.60. The van der Waals surface area contributed by atoms with Gasteiger partial charge in [0.15, 0.2) is 0 Å². The second-order valence-corrected chi connectivity index (χ2v) is 5.77. The van der Waals surface area contributed by atoms with Crippen LogP contribution in [0, 0.1) is 0 Å². The SMILES string of the molecule is C=CCN(CCC)S(=O)(=O)c1ccc(CNC)o1. The van der Waals surface area contributed by atoms with Crippen LogP contribution in [0.15, 0.2) is 34.3 Å². The van der Waals surface area contributed by atoms with Crippen LogP contribution in [-0.4, -0.2) is 32.9 Å². The van der Waals surface area contributed by atoms with E-state index in [-0.39, 0.29) is 11.6 Å². The molecule has 0 fully saturated rings. The summed E-state index contributed by atoms with van der Waals surface area (Å²) in [4.78, 5) is 0. The quantitative estimate of drug-likeness (QED) is 0.730. The molecule has 1 heterocycles. The van der Waals surface area contributed by atoms with Crippen molar-refractivity contribution in [1.29, 1.82) is 0 Å². The maximum absolute atomic E-state index is 12.3. The van der Waals surface area contributed by atoms with E-state index in [9.17, 15) is 8.42 Å². The van der Waals surface area contributed by atoms with Gasteiger partial charge in [-0.3, -0.25) is 0 Å². The minimum absolute atomic E-state index is 0.0111. The minimum Gasteiger partial charge on any atom is -0.447 e. The van der Waals surface area contributed by atoms with Crippen LogP contribution in [0.3, 0.4) is 0 Å². The molecule has 0 aliphatic carbocycles. The minimum atomic E-state index is -3.56. The third kappa shape index (κ3) is 3.44. The predicted molar refractivity (Wildman–Crippen MR) is 70.7 cm³/mol. The fraction of sp³-hybridized carbons (Fsp3) is 0.500. The van der Waals surface area contributed by atoms with Crippen molar-refractivity contribution >= 4 is 10.0 Å². The van der Waals surface area contributed by atoms with Gasteiger partial charge in [0, 0.05) is 13.1 Å². The van der Waals surface area contributed by atoms with Gasteiger partial charge in [-0.1, -0.05) is 13.0 Å². The smallest absolute Gasteiger partial charge is 0.276 e. The average molecular weight is 272 g/mol. The summed E-state index contributed by atoms with van der Waals surface area (Å²) >= 11 is 0. The summed E-state index contributed by atoms with van der Waals surface area (Å²) in [6.07, 6.45) is 2.32. The molecule has 0 spiro atoms. The number of rotatable bonds is 8. The third-order valence-corrected chi connectivity index (χ3v) is 4.13. The maximum atomic E-state index is 12.3. The van der Waals surface area contributed by atoms with Gasteiger partial charge in [0.25, 0.3) is 10.0 Å². The highest BCUT2D eigenvalue weighted by molar-refractivity contribution is 7.89. The first-order chi connectivity index (χ1) is 8.56. The highest BCUT2D eigenvalue weighted by Gasteiger charge is 2.26. The van der Waals surface area contributed by atoms with Gasteiger partial charge < -0.3 is 9.73 Å². The molecule has 0 unspecified atom stereocenters. The van der Waals surface area contributed by atoms with Crippen LogP contribution in [0.2, 0.25) is 0 Å². The summed E-state index contributed by atoms with van der Waals surface area (Å²) in [5.41, 5.74) is 0. The number of nitrogens with one attached hydrogen (secondary N) is 1. The molecule has 1 aromatic heterocycles. The summed E-state index contributed by atoms with van der Waals surface area (Å²) < 4.78 is 31.3. The molecule has 0 bridgehead atoms. The second-order valence-electron chi connectivity index (χ2n) is 3.90. The first-order valence-electron chi connectivity index (χ1n) is 5.90. The molecule has 0 amide bonds. The van der Waals surface area contributed by atoms with Gasteiger partial charge >= 0.3 is 0 Å². The van der Waals surface area contributed by atoms with E-state index in [1.807, 2.05) is 6.92 Å². The second kappa shape index (κ2) is 6.72. The molecule has 0 aliphatic rings. The van der Waals surface area contributed by atoms with E-state index in [2.05, 4.69) is 11.9 Å². The average Bonchev–Trinajstić information content (AvgIpc) is 2.78. The summed E-state index contributed by atoms with van der Waals surface area (Å²) in [6, 6.07) is 3.16. The number of furan rings is 1. The molecule has 0 aromatic carbocycles. The van der Waals surface area contributed by atoms with Crippen LogP contribution in [0.25, 0.3) is 0 Å². The van der Waals surface area contributed by atoms with Crippen LogP contribution >= 0.6 is 0 Å². The van der Waals surface area contributed by atoms with Crippen molar-refractivity contribution in [2.75, 3.05) is 20.1 Å². The Labute approximate surface area is 109 Å². The van der Waals surface area contributed by atoms with Gasteiger partial charge in [0.05, 0.1) is 6.54 Å². The Morgan fingerprint density at radius 1 is 1.50 bits per heavy atom. The van der Waals surface area contributed by atoms with Crippen LogP contribution in [-0.2, 0) is 16.6 Å². The van der Waals surface area contributed by atoms with Crippen molar-refractivity contribution in [3.05, 3.63) is 30.5 Å². The van der Waals surface area contributed by atoms with Crippen LogP contribution in [0.1, 0.15) is 19.1 Å². The zero-order chi connectivity index (χ0) is 13.6. The summed E-state index contributed by atoms with van der Waals surface area (Å²) in [5, 5.41) is 2.90. The van der Waals surface area contributed by atoms with Crippen LogP contribution < -0.4 is 5.32 Å². The van der Waals surface area contributed by atoms with Gasteiger partial charge in [-0.15, -0.1) is 6.58 Å².